The minimum atomic E-state index is -1.82. The summed E-state index contributed by atoms with van der Waals surface area (Å²) in [5.74, 6) is -1.67. The van der Waals surface area contributed by atoms with Crippen LogP contribution in [0.5, 0.6) is 11.5 Å². The van der Waals surface area contributed by atoms with Crippen molar-refractivity contribution in [2.45, 2.75) is 13.2 Å². The van der Waals surface area contributed by atoms with Crippen LogP contribution in [0.4, 0.5) is 11.6 Å². The predicted molar refractivity (Wildman–Crippen MR) is 142 cm³/mol. The van der Waals surface area contributed by atoms with Gasteiger partial charge in [0.15, 0.2) is 11.5 Å². The number of methoxy groups -OCH3 is 1. The van der Waals surface area contributed by atoms with Crippen molar-refractivity contribution in [3.05, 3.63) is 100 Å². The van der Waals surface area contributed by atoms with Crippen molar-refractivity contribution in [1.82, 2.24) is 9.55 Å². The molecule has 12 heteroatoms. The molecular weight excluding hydrogens is 508 g/mol. The van der Waals surface area contributed by atoms with E-state index >= 15 is 0 Å². The normalized spacial score (nSPS) is 10.1. The van der Waals surface area contributed by atoms with E-state index in [0.717, 1.165) is 22.4 Å². The molecule has 39 heavy (non-hydrogen) atoms. The number of aliphatic carboxylic acids is 2. The molecule has 3 aromatic carbocycles. The topological polar surface area (TPSA) is 166 Å². The van der Waals surface area contributed by atoms with E-state index in [1.807, 2.05) is 66.2 Å². The van der Waals surface area contributed by atoms with E-state index in [9.17, 15) is 10.1 Å². The Morgan fingerprint density at radius 2 is 1.69 bits per heavy atom. The van der Waals surface area contributed by atoms with Gasteiger partial charge in [0.2, 0.25) is 5.95 Å². The molecule has 0 aliphatic rings. The number of carbonyl (C=O) groups is 2. The molecule has 4 rings (SSSR count). The number of nitrogens with one attached hydrogen (secondary N) is 1. The molecule has 4 aromatic rings. The smallest absolute Gasteiger partial charge is 0.414 e. The fraction of sp³-hybridized carbons (Fsp3) is 0.148. The second-order valence-electron chi connectivity index (χ2n) is 8.06. The monoisotopic (exact) mass is 534 g/mol. The van der Waals surface area contributed by atoms with Gasteiger partial charge in [0.1, 0.15) is 6.61 Å². The van der Waals surface area contributed by atoms with E-state index < -0.39 is 16.9 Å². The molecule has 202 valence electrons. The number of aromatic nitrogens is 2. The third-order valence-electron chi connectivity index (χ3n) is 5.44. The minimum Gasteiger partial charge on any atom is -0.493 e. The van der Waals surface area contributed by atoms with Crippen LogP contribution in [-0.2, 0) is 29.8 Å². The lowest BCUT2D eigenvalue weighted by Gasteiger charge is -2.13. The molecule has 0 aliphatic heterocycles. The van der Waals surface area contributed by atoms with E-state index in [4.69, 9.17) is 29.3 Å². The third kappa shape index (κ3) is 7.79. The van der Waals surface area contributed by atoms with Gasteiger partial charge in [-0.1, -0.05) is 48.5 Å². The minimum absolute atomic E-state index is 0.0458. The fourth-order valence-corrected chi connectivity index (χ4v) is 3.48. The Labute approximate surface area is 223 Å². The van der Waals surface area contributed by atoms with Crippen LogP contribution in [0.15, 0.2) is 79.0 Å². The van der Waals surface area contributed by atoms with Crippen LogP contribution in [-0.4, -0.2) is 43.7 Å². The summed E-state index contributed by atoms with van der Waals surface area (Å²) >= 11 is 0. The molecule has 0 amide bonds. The van der Waals surface area contributed by atoms with Crippen molar-refractivity contribution >= 4 is 23.6 Å². The number of carboxylic acids is 2. The van der Waals surface area contributed by atoms with Crippen molar-refractivity contribution in [2.75, 3.05) is 12.4 Å². The first-order valence-electron chi connectivity index (χ1n) is 11.5. The second kappa shape index (κ2) is 13.2. The summed E-state index contributed by atoms with van der Waals surface area (Å²) in [7, 11) is 3.48. The fourth-order valence-electron chi connectivity index (χ4n) is 3.48. The lowest BCUT2D eigenvalue weighted by atomic mass is 10.1. The highest BCUT2D eigenvalue weighted by atomic mass is 16.6. The first kappa shape index (κ1) is 28.2. The van der Waals surface area contributed by atoms with Crippen LogP contribution in [0.3, 0.4) is 0 Å². The molecule has 0 bridgehead atoms. The van der Waals surface area contributed by atoms with Gasteiger partial charge in [-0.05, 0) is 23.3 Å². The zero-order valence-corrected chi connectivity index (χ0v) is 21.1. The maximum absolute atomic E-state index is 11.1. The maximum Gasteiger partial charge on any atom is 0.414 e. The molecule has 0 saturated heterocycles. The summed E-state index contributed by atoms with van der Waals surface area (Å²) in [5, 5.41) is 29.2. The van der Waals surface area contributed by atoms with Crippen molar-refractivity contribution in [3.8, 4) is 22.8 Å². The zero-order valence-electron chi connectivity index (χ0n) is 21.1. The SMILES string of the molecule is COc1ccc(CNc2ncc(-c3cccc([N+](=O)[O-])c3)n2C)cc1OCc1ccccc1.O=C(O)C(=O)O. The van der Waals surface area contributed by atoms with Gasteiger partial charge in [0, 0.05) is 31.3 Å². The first-order valence-corrected chi connectivity index (χ1v) is 11.5. The molecule has 0 saturated carbocycles. The molecule has 3 N–H and O–H groups in total. The van der Waals surface area contributed by atoms with Gasteiger partial charge in [0.25, 0.3) is 5.69 Å². The lowest BCUT2D eigenvalue weighted by molar-refractivity contribution is -0.384. The molecule has 0 radical (unpaired) electrons. The van der Waals surface area contributed by atoms with Crippen LogP contribution in [0.25, 0.3) is 11.3 Å². The molecule has 0 atom stereocenters. The first-order chi connectivity index (χ1) is 18.7. The van der Waals surface area contributed by atoms with Gasteiger partial charge in [-0.3, -0.25) is 10.1 Å². The van der Waals surface area contributed by atoms with Crippen LogP contribution >= 0.6 is 0 Å². The Kier molecular flexibility index (Phi) is 9.57. The predicted octanol–water partition coefficient (Wildman–Crippen LogP) is 4.35. The maximum atomic E-state index is 11.1. The highest BCUT2D eigenvalue weighted by Crippen LogP contribution is 2.30. The Morgan fingerprint density at radius 3 is 2.33 bits per heavy atom. The Morgan fingerprint density at radius 1 is 0.974 bits per heavy atom. The number of nitro groups is 1. The molecule has 1 heterocycles. The highest BCUT2D eigenvalue weighted by Gasteiger charge is 2.13. The summed E-state index contributed by atoms with van der Waals surface area (Å²) in [4.78, 5) is 33.3. The Bertz CT molecular complexity index is 1440. The van der Waals surface area contributed by atoms with E-state index in [2.05, 4.69) is 10.3 Å². The van der Waals surface area contributed by atoms with E-state index in [1.54, 1.807) is 25.4 Å². The summed E-state index contributed by atoms with van der Waals surface area (Å²) < 4.78 is 13.3. The number of non-ortho nitro benzene ring substituents is 1. The standard InChI is InChI=1S/C25H24N4O4.C2H2O4/c1-28-22(20-9-6-10-21(14-20)29(30)31)16-27-25(28)26-15-19-11-12-23(32-2)24(13-19)33-17-18-7-4-3-5-8-18;3-1(4)2(5)6/h3-14,16H,15,17H2,1-2H3,(H,26,27);(H,3,4)(H,5,6). The summed E-state index contributed by atoms with van der Waals surface area (Å²) in [6.07, 6.45) is 1.70. The van der Waals surface area contributed by atoms with Gasteiger partial charge in [0.05, 0.1) is 23.9 Å². The molecule has 0 spiro atoms. The number of imidazole rings is 1. The van der Waals surface area contributed by atoms with Gasteiger partial charge in [-0.25, -0.2) is 14.6 Å². The van der Waals surface area contributed by atoms with Crippen molar-refractivity contribution in [3.63, 3.8) is 0 Å². The number of nitrogens with zero attached hydrogens (tertiary/aromatic N) is 3. The number of ether oxygens (including phenoxy) is 2. The number of anilines is 1. The van der Waals surface area contributed by atoms with Gasteiger partial charge in [-0.2, -0.15) is 0 Å². The number of rotatable bonds is 9. The summed E-state index contributed by atoms with van der Waals surface area (Å²) in [6.45, 7) is 0.963. The number of nitro benzene ring substituents is 1. The summed E-state index contributed by atoms with van der Waals surface area (Å²) in [6, 6.07) is 22.2. The van der Waals surface area contributed by atoms with Crippen molar-refractivity contribution < 1.29 is 34.2 Å². The molecule has 12 nitrogen and oxygen atoms in total. The molecule has 0 aliphatic carbocycles. The van der Waals surface area contributed by atoms with Gasteiger partial charge < -0.3 is 29.6 Å². The summed E-state index contributed by atoms with van der Waals surface area (Å²) in [5.41, 5.74) is 3.63. The van der Waals surface area contributed by atoms with E-state index in [0.29, 0.717) is 30.6 Å². The Hall–Kier alpha value is -5.39. The van der Waals surface area contributed by atoms with E-state index in [-0.39, 0.29) is 5.69 Å². The number of hydrogen-bond acceptors (Lipinski definition) is 8. The van der Waals surface area contributed by atoms with Crippen LogP contribution in [0, 0.1) is 10.1 Å². The number of carboxylic acid groups (broad SMARTS) is 2. The zero-order chi connectivity index (χ0) is 28.4. The molecule has 0 unspecified atom stereocenters. The van der Waals surface area contributed by atoms with E-state index in [1.165, 1.54) is 6.07 Å². The Balaban J connectivity index is 0.000000631. The van der Waals surface area contributed by atoms with Crippen molar-refractivity contribution in [2.24, 2.45) is 7.05 Å². The lowest BCUT2D eigenvalue weighted by Crippen LogP contribution is -2.09. The largest absolute Gasteiger partial charge is 0.493 e. The third-order valence-corrected chi connectivity index (χ3v) is 5.44. The van der Waals surface area contributed by atoms with Crippen molar-refractivity contribution in [1.29, 1.82) is 0 Å². The van der Waals surface area contributed by atoms with Gasteiger partial charge in [-0.15, -0.1) is 0 Å². The quantitative estimate of drug-likeness (QED) is 0.160. The number of hydrogen-bond donors (Lipinski definition) is 3. The number of benzene rings is 3. The second-order valence-corrected chi connectivity index (χ2v) is 8.06. The molecule has 0 fully saturated rings. The highest BCUT2D eigenvalue weighted by molar-refractivity contribution is 6.27. The molecule has 1 aromatic heterocycles. The van der Waals surface area contributed by atoms with Crippen LogP contribution in [0.2, 0.25) is 0 Å². The van der Waals surface area contributed by atoms with Crippen LogP contribution in [0.1, 0.15) is 11.1 Å². The average molecular weight is 535 g/mol. The van der Waals surface area contributed by atoms with Gasteiger partial charge >= 0.3 is 11.9 Å². The average Bonchev–Trinajstić information content (AvgIpc) is 3.31. The van der Waals surface area contributed by atoms with Crippen LogP contribution < -0.4 is 14.8 Å². The molecular formula is C27H26N4O8.